The van der Waals surface area contributed by atoms with Crippen molar-refractivity contribution < 1.29 is 23.9 Å². The van der Waals surface area contributed by atoms with Crippen LogP contribution in [-0.2, 0) is 14.3 Å². The summed E-state index contributed by atoms with van der Waals surface area (Å²) in [4.78, 5) is 38.7. The fraction of sp³-hybridized carbons (Fsp3) is 0.348. The quantitative estimate of drug-likeness (QED) is 0.672. The molecule has 1 heterocycles. The third-order valence-corrected chi connectivity index (χ3v) is 4.78. The summed E-state index contributed by atoms with van der Waals surface area (Å²) in [6.45, 7) is 4.96. The number of benzene rings is 2. The Bertz CT molecular complexity index is 910. The maximum Gasteiger partial charge on any atom is 0.338 e. The van der Waals surface area contributed by atoms with Gasteiger partial charge in [0.25, 0.3) is 0 Å². The van der Waals surface area contributed by atoms with E-state index in [1.807, 2.05) is 38.1 Å². The third kappa shape index (κ3) is 4.97. The van der Waals surface area contributed by atoms with Gasteiger partial charge in [-0.15, -0.1) is 0 Å². The van der Waals surface area contributed by atoms with Gasteiger partial charge in [-0.05, 0) is 49.7 Å². The van der Waals surface area contributed by atoms with E-state index >= 15 is 0 Å². The summed E-state index contributed by atoms with van der Waals surface area (Å²) < 4.78 is 10.7. The Hall–Kier alpha value is -3.35. The summed E-state index contributed by atoms with van der Waals surface area (Å²) in [5.74, 6) is -0.585. The molecule has 1 N–H and O–H groups in total. The molecule has 1 atom stereocenters. The summed E-state index contributed by atoms with van der Waals surface area (Å²) in [7, 11) is 0. The summed E-state index contributed by atoms with van der Waals surface area (Å²) >= 11 is 0. The van der Waals surface area contributed by atoms with Gasteiger partial charge in [-0.2, -0.15) is 0 Å². The molecule has 1 fully saturated rings. The molecule has 0 aromatic heterocycles. The Morgan fingerprint density at radius 3 is 2.53 bits per heavy atom. The van der Waals surface area contributed by atoms with Gasteiger partial charge < -0.3 is 19.7 Å². The van der Waals surface area contributed by atoms with Crippen molar-refractivity contribution in [3.05, 3.63) is 54.1 Å². The standard InChI is InChI=1S/C23H26N2O5/c1-3-13-30-23(28)16-9-11-18(12-10-16)24-22(27)17-14-21(26)25(15-17)19-7-5-6-8-20(19)29-4-2/h5-12,17H,3-4,13-15H2,1-2H3,(H,24,27)/t17-/m0/s1. The number of hydrogen-bond donors (Lipinski definition) is 1. The molecule has 0 unspecified atom stereocenters. The smallest absolute Gasteiger partial charge is 0.338 e. The number of hydrogen-bond acceptors (Lipinski definition) is 5. The molecule has 158 valence electrons. The molecule has 1 aliphatic heterocycles. The van der Waals surface area contributed by atoms with E-state index in [-0.39, 0.29) is 30.7 Å². The highest BCUT2D eigenvalue weighted by Crippen LogP contribution is 2.33. The topological polar surface area (TPSA) is 84.9 Å². The van der Waals surface area contributed by atoms with Crippen molar-refractivity contribution in [3.63, 3.8) is 0 Å². The first kappa shape index (κ1) is 21.4. The molecule has 2 aromatic carbocycles. The Labute approximate surface area is 176 Å². The predicted molar refractivity (Wildman–Crippen MR) is 114 cm³/mol. The summed E-state index contributed by atoms with van der Waals surface area (Å²) in [5, 5.41) is 2.82. The zero-order valence-electron chi connectivity index (χ0n) is 17.2. The molecular weight excluding hydrogens is 384 g/mol. The molecule has 30 heavy (non-hydrogen) atoms. The molecule has 0 aliphatic carbocycles. The first-order chi connectivity index (χ1) is 14.5. The first-order valence-corrected chi connectivity index (χ1v) is 10.1. The van der Waals surface area contributed by atoms with E-state index in [9.17, 15) is 14.4 Å². The number of nitrogens with one attached hydrogen (secondary N) is 1. The number of amides is 2. The number of ether oxygens (including phenoxy) is 2. The van der Waals surface area contributed by atoms with Crippen LogP contribution in [0.3, 0.4) is 0 Å². The molecule has 1 saturated heterocycles. The van der Waals surface area contributed by atoms with Gasteiger partial charge in [-0.3, -0.25) is 9.59 Å². The van der Waals surface area contributed by atoms with Gasteiger partial charge >= 0.3 is 5.97 Å². The minimum Gasteiger partial charge on any atom is -0.492 e. The maximum atomic E-state index is 12.7. The lowest BCUT2D eigenvalue weighted by Crippen LogP contribution is -2.28. The highest BCUT2D eigenvalue weighted by molar-refractivity contribution is 6.04. The van der Waals surface area contributed by atoms with Crippen molar-refractivity contribution in [1.29, 1.82) is 0 Å². The second-order valence-electron chi connectivity index (χ2n) is 7.01. The van der Waals surface area contributed by atoms with Crippen molar-refractivity contribution in [2.45, 2.75) is 26.7 Å². The highest BCUT2D eigenvalue weighted by atomic mass is 16.5. The Balaban J connectivity index is 1.63. The van der Waals surface area contributed by atoms with E-state index in [2.05, 4.69) is 5.32 Å². The molecule has 2 amide bonds. The Morgan fingerprint density at radius 2 is 1.83 bits per heavy atom. The minimum atomic E-state index is -0.471. The van der Waals surface area contributed by atoms with E-state index in [0.717, 1.165) is 6.42 Å². The summed E-state index contributed by atoms with van der Waals surface area (Å²) in [6, 6.07) is 13.8. The SMILES string of the molecule is CCCOC(=O)c1ccc(NC(=O)[C@H]2CC(=O)N(c3ccccc3OCC)C2)cc1. The van der Waals surface area contributed by atoms with Crippen LogP contribution in [0.4, 0.5) is 11.4 Å². The lowest BCUT2D eigenvalue weighted by atomic mass is 10.1. The van der Waals surface area contributed by atoms with Crippen LogP contribution >= 0.6 is 0 Å². The van der Waals surface area contributed by atoms with Crippen molar-refractivity contribution in [2.75, 3.05) is 30.0 Å². The normalized spacial score (nSPS) is 15.7. The molecule has 2 aromatic rings. The van der Waals surface area contributed by atoms with E-state index in [0.29, 0.717) is 35.9 Å². The van der Waals surface area contributed by atoms with Crippen LogP contribution in [0.2, 0.25) is 0 Å². The number of rotatable bonds is 8. The average molecular weight is 410 g/mol. The monoisotopic (exact) mass is 410 g/mol. The number of esters is 1. The van der Waals surface area contributed by atoms with Crippen molar-refractivity contribution in [2.24, 2.45) is 5.92 Å². The van der Waals surface area contributed by atoms with E-state index in [1.165, 1.54) is 0 Å². The molecule has 0 saturated carbocycles. The van der Waals surface area contributed by atoms with Gasteiger partial charge in [0.15, 0.2) is 0 Å². The van der Waals surface area contributed by atoms with Gasteiger partial charge in [-0.25, -0.2) is 4.79 Å². The van der Waals surface area contributed by atoms with Gasteiger partial charge in [0.2, 0.25) is 11.8 Å². The predicted octanol–water partition coefficient (Wildman–Crippen LogP) is 3.64. The fourth-order valence-corrected chi connectivity index (χ4v) is 3.29. The van der Waals surface area contributed by atoms with Crippen LogP contribution in [0.5, 0.6) is 5.75 Å². The molecule has 3 rings (SSSR count). The average Bonchev–Trinajstić information content (AvgIpc) is 3.15. The Morgan fingerprint density at radius 1 is 1.10 bits per heavy atom. The fourth-order valence-electron chi connectivity index (χ4n) is 3.29. The lowest BCUT2D eigenvalue weighted by Gasteiger charge is -2.20. The van der Waals surface area contributed by atoms with Crippen LogP contribution in [0.25, 0.3) is 0 Å². The van der Waals surface area contributed by atoms with Crippen molar-refractivity contribution in [3.8, 4) is 5.75 Å². The summed E-state index contributed by atoms with van der Waals surface area (Å²) in [5.41, 5.74) is 1.67. The Kier molecular flexibility index (Phi) is 7.06. The van der Waals surface area contributed by atoms with E-state index in [4.69, 9.17) is 9.47 Å². The molecule has 7 nitrogen and oxygen atoms in total. The molecule has 0 spiro atoms. The van der Waals surface area contributed by atoms with E-state index in [1.54, 1.807) is 29.2 Å². The van der Waals surface area contributed by atoms with Crippen LogP contribution in [-0.4, -0.2) is 37.5 Å². The van der Waals surface area contributed by atoms with Gasteiger partial charge in [-0.1, -0.05) is 19.1 Å². The zero-order chi connectivity index (χ0) is 21.5. The second kappa shape index (κ2) is 9.91. The van der Waals surface area contributed by atoms with Gasteiger partial charge in [0.1, 0.15) is 5.75 Å². The van der Waals surface area contributed by atoms with E-state index < -0.39 is 5.92 Å². The first-order valence-electron chi connectivity index (χ1n) is 10.1. The third-order valence-electron chi connectivity index (χ3n) is 4.78. The minimum absolute atomic E-state index is 0.115. The van der Waals surface area contributed by atoms with Gasteiger partial charge in [0.05, 0.1) is 30.4 Å². The number of nitrogens with zero attached hydrogens (tertiary/aromatic N) is 1. The molecular formula is C23H26N2O5. The van der Waals surface area contributed by atoms with Crippen molar-refractivity contribution in [1.82, 2.24) is 0 Å². The second-order valence-corrected chi connectivity index (χ2v) is 7.01. The van der Waals surface area contributed by atoms with Crippen LogP contribution in [0.1, 0.15) is 37.0 Å². The molecule has 0 bridgehead atoms. The molecule has 7 heteroatoms. The number of carbonyl (C=O) groups excluding carboxylic acids is 3. The number of para-hydroxylation sites is 2. The molecule has 1 aliphatic rings. The van der Waals surface area contributed by atoms with Gasteiger partial charge in [0, 0.05) is 18.7 Å². The zero-order valence-corrected chi connectivity index (χ0v) is 17.2. The van der Waals surface area contributed by atoms with Crippen LogP contribution in [0.15, 0.2) is 48.5 Å². The lowest BCUT2D eigenvalue weighted by molar-refractivity contribution is -0.122. The largest absolute Gasteiger partial charge is 0.492 e. The molecule has 0 radical (unpaired) electrons. The highest BCUT2D eigenvalue weighted by Gasteiger charge is 2.36. The van der Waals surface area contributed by atoms with Crippen LogP contribution < -0.4 is 15.0 Å². The van der Waals surface area contributed by atoms with Crippen molar-refractivity contribution >= 4 is 29.2 Å². The summed E-state index contributed by atoms with van der Waals surface area (Å²) in [6.07, 6.45) is 0.889. The number of carbonyl (C=O) groups is 3. The van der Waals surface area contributed by atoms with Crippen LogP contribution in [0, 0.1) is 5.92 Å². The number of anilines is 2. The maximum absolute atomic E-state index is 12.7.